The molecule has 7 heavy (non-hydrogen) atoms. The summed E-state index contributed by atoms with van der Waals surface area (Å²) in [5.74, 6) is 0. The minimum absolute atomic E-state index is 0. The van der Waals surface area contributed by atoms with Gasteiger partial charge in [-0.05, 0) is 0 Å². The van der Waals surface area contributed by atoms with Gasteiger partial charge in [0.2, 0.25) is 0 Å². The molecule has 0 radical (unpaired) electrons. The summed E-state index contributed by atoms with van der Waals surface area (Å²) in [6.45, 7) is 0. The van der Waals surface area contributed by atoms with Crippen molar-refractivity contribution in [1.82, 2.24) is 0 Å². The van der Waals surface area contributed by atoms with E-state index in [9.17, 15) is 0 Å². The van der Waals surface area contributed by atoms with Crippen molar-refractivity contribution in [3.63, 3.8) is 0 Å². The molecule has 0 atom stereocenters. The topological polar surface area (TPSA) is 80.9 Å². The molecule has 0 aromatic rings. The summed E-state index contributed by atoms with van der Waals surface area (Å²) in [5, 5.41) is 0. The van der Waals surface area contributed by atoms with Crippen LogP contribution in [-0.2, 0) is 0 Å². The van der Waals surface area contributed by atoms with Crippen molar-refractivity contribution in [1.29, 1.82) is 0 Å². The molecule has 0 bridgehead atoms. The number of hydrogen-bond donors (Lipinski definition) is 4. The van der Waals surface area contributed by atoms with Gasteiger partial charge >= 0.3 is 46.8 Å². The van der Waals surface area contributed by atoms with Crippen molar-refractivity contribution in [2.75, 3.05) is 0 Å². The molecule has 0 saturated carbocycles. The van der Waals surface area contributed by atoms with Crippen LogP contribution in [0.25, 0.3) is 0 Å². The second-order valence-corrected chi connectivity index (χ2v) is 1.80. The fourth-order valence-corrected chi connectivity index (χ4v) is 0. The van der Waals surface area contributed by atoms with E-state index in [1.807, 2.05) is 0 Å². The predicted molar refractivity (Wildman–Crippen MR) is 29.3 cm³/mol. The summed E-state index contributed by atoms with van der Waals surface area (Å²) in [4.78, 5) is 29.3. The maximum atomic E-state index is 7.33. The van der Waals surface area contributed by atoms with Gasteiger partial charge < -0.3 is 22.0 Å². The van der Waals surface area contributed by atoms with E-state index in [0.717, 1.165) is 0 Å². The summed E-state index contributed by atoms with van der Waals surface area (Å²) in [7, 11) is -4.61. The first kappa shape index (κ1) is 15.8. The molecule has 44 valence electrons. The maximum absolute atomic E-state index is 7.33. The molecular formula is CH10CaO4Si. The van der Waals surface area contributed by atoms with Crippen LogP contribution in [0.2, 0.25) is 0 Å². The zero-order valence-electron chi connectivity index (χ0n) is 5.00. The van der Waals surface area contributed by atoms with Crippen LogP contribution in [-0.4, -0.2) is 66.0 Å². The smallest absolute Gasteiger partial charge is 1.00 e. The Bertz CT molecular complexity index is 34.0. The van der Waals surface area contributed by atoms with E-state index in [1.165, 1.54) is 0 Å². The van der Waals surface area contributed by atoms with E-state index in [4.69, 9.17) is 19.2 Å². The van der Waals surface area contributed by atoms with Gasteiger partial charge in [-0.15, -0.1) is 0 Å². The second kappa shape index (κ2) is 5.45. The van der Waals surface area contributed by atoms with Crippen molar-refractivity contribution in [3.05, 3.63) is 0 Å². The third-order valence-electron chi connectivity index (χ3n) is 0. The van der Waals surface area contributed by atoms with Gasteiger partial charge in [0, 0.05) is 0 Å². The van der Waals surface area contributed by atoms with E-state index in [1.54, 1.807) is 0 Å². The normalized spacial score (nSPS) is 8.57. The molecule has 0 fully saturated rings. The molecule has 0 spiro atoms. The fraction of sp³-hybridized carbons (Fsp3) is 1.00. The molecule has 0 rings (SSSR count). The van der Waals surface area contributed by atoms with Crippen molar-refractivity contribution < 1.29 is 22.0 Å². The first-order valence-corrected chi connectivity index (χ1v) is 2.68. The van der Waals surface area contributed by atoms with Crippen LogP contribution in [0.1, 0.15) is 10.3 Å². The summed E-state index contributed by atoms with van der Waals surface area (Å²) in [6.07, 6.45) is 0. The van der Waals surface area contributed by atoms with Crippen LogP contribution in [0.5, 0.6) is 0 Å². The Balaban J connectivity index is -0.0000000133. The molecule has 0 aliphatic heterocycles. The van der Waals surface area contributed by atoms with E-state index >= 15 is 0 Å². The Morgan fingerprint density at radius 3 is 1.00 bits per heavy atom. The van der Waals surface area contributed by atoms with Crippen molar-refractivity contribution in [2.45, 2.75) is 7.43 Å². The third kappa shape index (κ3) is 119. The Hall–Kier alpha value is 1.32. The molecule has 0 aliphatic rings. The SMILES string of the molecule is C.O[Si](O)(O)O.[Ca+2].[H-].[H-]. The van der Waals surface area contributed by atoms with Gasteiger partial charge in [-0.1, -0.05) is 7.43 Å². The third-order valence-corrected chi connectivity index (χ3v) is 0. The van der Waals surface area contributed by atoms with Crippen LogP contribution in [0, 0.1) is 0 Å². The average Bonchev–Trinajstić information content (AvgIpc) is 0.722. The zero-order valence-corrected chi connectivity index (χ0v) is 6.20. The first-order valence-electron chi connectivity index (χ1n) is 0.894. The zero-order chi connectivity index (χ0) is 4.50. The van der Waals surface area contributed by atoms with E-state index < -0.39 is 9.05 Å². The number of hydrogen-bond acceptors (Lipinski definition) is 4. The van der Waals surface area contributed by atoms with Crippen LogP contribution >= 0.6 is 0 Å². The minimum atomic E-state index is -4.61. The Morgan fingerprint density at radius 2 is 1.00 bits per heavy atom. The Kier molecular flexibility index (Phi) is 12.3. The molecule has 0 aliphatic carbocycles. The van der Waals surface area contributed by atoms with Gasteiger partial charge in [-0.2, -0.15) is 0 Å². The molecule has 0 aromatic heterocycles. The molecule has 0 unspecified atom stereocenters. The van der Waals surface area contributed by atoms with Gasteiger partial charge in [0.15, 0.2) is 0 Å². The molecule has 4 N–H and O–H groups in total. The Labute approximate surface area is 75.9 Å². The van der Waals surface area contributed by atoms with Gasteiger partial charge in [0.1, 0.15) is 0 Å². The van der Waals surface area contributed by atoms with Crippen LogP contribution < -0.4 is 0 Å². The quantitative estimate of drug-likeness (QED) is 0.301. The van der Waals surface area contributed by atoms with Crippen molar-refractivity contribution in [2.24, 2.45) is 0 Å². The molecule has 0 saturated heterocycles. The fourth-order valence-electron chi connectivity index (χ4n) is 0. The second-order valence-electron chi connectivity index (χ2n) is 0.600. The summed E-state index contributed by atoms with van der Waals surface area (Å²) < 4.78 is 0. The van der Waals surface area contributed by atoms with E-state index in [-0.39, 0.29) is 48.0 Å². The summed E-state index contributed by atoms with van der Waals surface area (Å²) >= 11 is 0. The molecule has 0 amide bonds. The van der Waals surface area contributed by atoms with Crippen LogP contribution in [0.4, 0.5) is 0 Å². The summed E-state index contributed by atoms with van der Waals surface area (Å²) in [6, 6.07) is 0. The van der Waals surface area contributed by atoms with Crippen LogP contribution in [0.3, 0.4) is 0 Å². The first-order chi connectivity index (χ1) is 2.00. The van der Waals surface area contributed by atoms with E-state index in [0.29, 0.717) is 0 Å². The van der Waals surface area contributed by atoms with Gasteiger partial charge in [0.05, 0.1) is 0 Å². The monoisotopic (exact) mass is 154 g/mol. The predicted octanol–water partition coefficient (Wildman–Crippen LogP) is -2.13. The number of rotatable bonds is 0. The standard InChI is InChI=1S/CH4.Ca.H4O4Si.2H/c;;1-5(2,3)4;;/h1H4;;1-4H;;/q;+2;;2*-1. The molecule has 0 aromatic carbocycles. The average molecular weight is 154 g/mol. The molecule has 6 heteroatoms. The summed E-state index contributed by atoms with van der Waals surface area (Å²) in [5.41, 5.74) is 0. The molecule has 0 heterocycles. The van der Waals surface area contributed by atoms with Gasteiger partial charge in [-0.3, -0.25) is 0 Å². The Morgan fingerprint density at radius 1 is 1.00 bits per heavy atom. The van der Waals surface area contributed by atoms with Crippen molar-refractivity contribution >= 4 is 46.8 Å². The largest absolute Gasteiger partial charge is 2.00 e. The molecule has 4 nitrogen and oxygen atoms in total. The maximum Gasteiger partial charge on any atom is 2.00 e. The van der Waals surface area contributed by atoms with Crippen molar-refractivity contribution in [3.8, 4) is 0 Å². The van der Waals surface area contributed by atoms with Gasteiger partial charge in [0.25, 0.3) is 0 Å². The van der Waals surface area contributed by atoms with E-state index in [2.05, 4.69) is 0 Å². The molecular weight excluding hydrogens is 144 g/mol. The van der Waals surface area contributed by atoms with Crippen LogP contribution in [0.15, 0.2) is 0 Å². The van der Waals surface area contributed by atoms with Gasteiger partial charge in [-0.25, -0.2) is 0 Å². The minimum Gasteiger partial charge on any atom is -1.00 e.